The standard InChI is InChI=1S/C41H29N3/c1-3-10-30(11-4-1)32-17-21-34(22-18-32)43(35-23-19-33(20-24-35)31-12-5-2-6-13-31)36-25-26-41-39(28-36)38-15-7-8-16-40(38)44(41)37-14-9-27-42-29-37/h1-29H. The summed E-state index contributed by atoms with van der Waals surface area (Å²) in [6, 6.07) is 58.3. The Hall–Kier alpha value is -5.93. The van der Waals surface area contributed by atoms with Crippen molar-refractivity contribution in [2.45, 2.75) is 0 Å². The number of aromatic nitrogens is 2. The molecule has 8 rings (SSSR count). The Bertz CT molecular complexity index is 2100. The van der Waals surface area contributed by atoms with E-state index in [1.165, 1.54) is 38.5 Å². The van der Waals surface area contributed by atoms with Crippen LogP contribution in [0.25, 0.3) is 49.7 Å². The summed E-state index contributed by atoms with van der Waals surface area (Å²) >= 11 is 0. The van der Waals surface area contributed by atoms with E-state index in [4.69, 9.17) is 0 Å². The van der Waals surface area contributed by atoms with Crippen molar-refractivity contribution in [3.63, 3.8) is 0 Å². The van der Waals surface area contributed by atoms with E-state index in [-0.39, 0.29) is 0 Å². The molecule has 0 saturated carbocycles. The Labute approximate surface area is 256 Å². The molecule has 0 aliphatic carbocycles. The van der Waals surface area contributed by atoms with Crippen LogP contribution in [0.3, 0.4) is 0 Å². The molecular formula is C41H29N3. The predicted octanol–water partition coefficient (Wildman–Crippen LogP) is 11.0. The van der Waals surface area contributed by atoms with E-state index < -0.39 is 0 Å². The second-order valence-electron chi connectivity index (χ2n) is 10.9. The molecule has 2 heterocycles. The smallest absolute Gasteiger partial charge is 0.0645 e. The first-order chi connectivity index (χ1) is 21.8. The van der Waals surface area contributed by atoms with Crippen LogP contribution in [-0.2, 0) is 0 Å². The molecule has 2 aromatic heterocycles. The quantitative estimate of drug-likeness (QED) is 0.201. The SMILES string of the molecule is c1ccc(-c2ccc(N(c3ccc(-c4ccccc4)cc3)c3ccc4c(c3)c3ccccc3n4-c3cccnc3)cc2)cc1. The molecule has 6 aromatic carbocycles. The minimum atomic E-state index is 1.05. The molecule has 0 atom stereocenters. The number of hydrogen-bond donors (Lipinski definition) is 0. The van der Waals surface area contributed by atoms with E-state index in [1.807, 2.05) is 18.5 Å². The average molecular weight is 564 g/mol. The lowest BCUT2D eigenvalue weighted by Crippen LogP contribution is -2.10. The largest absolute Gasteiger partial charge is 0.310 e. The summed E-state index contributed by atoms with van der Waals surface area (Å²) in [7, 11) is 0. The Morgan fingerprint density at radius 1 is 0.409 bits per heavy atom. The van der Waals surface area contributed by atoms with Crippen LogP contribution in [0.5, 0.6) is 0 Å². The fourth-order valence-electron chi connectivity index (χ4n) is 6.18. The Balaban J connectivity index is 1.29. The van der Waals surface area contributed by atoms with Crippen molar-refractivity contribution in [2.75, 3.05) is 4.90 Å². The van der Waals surface area contributed by atoms with Gasteiger partial charge in [0.2, 0.25) is 0 Å². The third kappa shape index (κ3) is 4.61. The molecule has 0 amide bonds. The van der Waals surface area contributed by atoms with Crippen molar-refractivity contribution in [1.29, 1.82) is 0 Å². The van der Waals surface area contributed by atoms with Crippen LogP contribution in [0.2, 0.25) is 0 Å². The van der Waals surface area contributed by atoms with Crippen LogP contribution >= 0.6 is 0 Å². The first-order valence-corrected chi connectivity index (χ1v) is 14.9. The third-order valence-electron chi connectivity index (χ3n) is 8.28. The van der Waals surface area contributed by atoms with Gasteiger partial charge in [0, 0.05) is 34.0 Å². The molecule has 0 N–H and O–H groups in total. The van der Waals surface area contributed by atoms with Crippen LogP contribution < -0.4 is 4.90 Å². The molecule has 0 aliphatic heterocycles. The summed E-state index contributed by atoms with van der Waals surface area (Å²) in [6.07, 6.45) is 3.74. The lowest BCUT2D eigenvalue weighted by Gasteiger charge is -2.26. The van der Waals surface area contributed by atoms with Gasteiger partial charge in [0.1, 0.15) is 0 Å². The first kappa shape index (κ1) is 25.8. The Kier molecular flexibility index (Phi) is 6.47. The van der Waals surface area contributed by atoms with Crippen LogP contribution in [0.15, 0.2) is 176 Å². The average Bonchev–Trinajstić information content (AvgIpc) is 3.44. The van der Waals surface area contributed by atoms with Crippen LogP contribution in [0.4, 0.5) is 17.1 Å². The van der Waals surface area contributed by atoms with Gasteiger partial charge in [-0.05, 0) is 82.9 Å². The molecule has 208 valence electrons. The molecule has 0 radical (unpaired) electrons. The molecule has 0 unspecified atom stereocenters. The topological polar surface area (TPSA) is 21.1 Å². The van der Waals surface area contributed by atoms with Crippen LogP contribution in [0, 0.1) is 0 Å². The highest BCUT2D eigenvalue weighted by molar-refractivity contribution is 6.10. The summed E-state index contributed by atoms with van der Waals surface area (Å²) in [5.41, 5.74) is 11.5. The summed E-state index contributed by atoms with van der Waals surface area (Å²) < 4.78 is 2.30. The molecule has 3 heteroatoms. The maximum atomic E-state index is 4.41. The highest BCUT2D eigenvalue weighted by Crippen LogP contribution is 2.40. The second-order valence-corrected chi connectivity index (χ2v) is 10.9. The highest BCUT2D eigenvalue weighted by Gasteiger charge is 2.17. The van der Waals surface area contributed by atoms with Gasteiger partial charge in [-0.25, -0.2) is 0 Å². The van der Waals surface area contributed by atoms with Crippen molar-refractivity contribution in [2.24, 2.45) is 0 Å². The fourth-order valence-corrected chi connectivity index (χ4v) is 6.18. The minimum Gasteiger partial charge on any atom is -0.310 e. The van der Waals surface area contributed by atoms with E-state index in [1.54, 1.807) is 0 Å². The van der Waals surface area contributed by atoms with Crippen molar-refractivity contribution in [3.8, 4) is 27.9 Å². The number of para-hydroxylation sites is 1. The van der Waals surface area contributed by atoms with Crippen LogP contribution in [-0.4, -0.2) is 9.55 Å². The first-order valence-electron chi connectivity index (χ1n) is 14.9. The predicted molar refractivity (Wildman–Crippen MR) is 184 cm³/mol. The summed E-state index contributed by atoms with van der Waals surface area (Å²) in [6.45, 7) is 0. The number of nitrogens with zero attached hydrogens (tertiary/aromatic N) is 3. The van der Waals surface area contributed by atoms with Gasteiger partial charge in [0.05, 0.1) is 22.9 Å². The summed E-state index contributed by atoms with van der Waals surface area (Å²) in [5, 5.41) is 2.42. The lowest BCUT2D eigenvalue weighted by atomic mass is 10.0. The molecule has 0 fully saturated rings. The maximum absolute atomic E-state index is 4.41. The molecule has 3 nitrogen and oxygen atoms in total. The van der Waals surface area contributed by atoms with Gasteiger partial charge in [-0.1, -0.05) is 103 Å². The molecule has 0 saturated heterocycles. The zero-order valence-electron chi connectivity index (χ0n) is 24.1. The van der Waals surface area contributed by atoms with Crippen LogP contribution in [0.1, 0.15) is 0 Å². The van der Waals surface area contributed by atoms with Gasteiger partial charge < -0.3 is 9.47 Å². The second kappa shape index (κ2) is 11.0. The number of rotatable bonds is 6. The van der Waals surface area contributed by atoms with Gasteiger partial charge in [-0.15, -0.1) is 0 Å². The number of anilines is 3. The monoisotopic (exact) mass is 563 g/mol. The van der Waals surface area contributed by atoms with Gasteiger partial charge in [-0.3, -0.25) is 4.98 Å². The molecule has 0 bridgehead atoms. The van der Waals surface area contributed by atoms with E-state index in [0.29, 0.717) is 0 Å². The van der Waals surface area contributed by atoms with E-state index >= 15 is 0 Å². The van der Waals surface area contributed by atoms with Crippen molar-refractivity contribution in [1.82, 2.24) is 9.55 Å². The molecule has 0 spiro atoms. The summed E-state index contributed by atoms with van der Waals surface area (Å²) in [5.74, 6) is 0. The number of hydrogen-bond acceptors (Lipinski definition) is 2. The Morgan fingerprint density at radius 3 is 1.52 bits per heavy atom. The normalized spacial score (nSPS) is 11.2. The van der Waals surface area contributed by atoms with Gasteiger partial charge in [0.15, 0.2) is 0 Å². The van der Waals surface area contributed by atoms with E-state index in [2.05, 4.69) is 172 Å². The van der Waals surface area contributed by atoms with Crippen molar-refractivity contribution < 1.29 is 0 Å². The molecule has 8 aromatic rings. The third-order valence-corrected chi connectivity index (χ3v) is 8.28. The fraction of sp³-hybridized carbons (Fsp3) is 0. The summed E-state index contributed by atoms with van der Waals surface area (Å²) in [4.78, 5) is 6.75. The number of benzene rings is 6. The maximum Gasteiger partial charge on any atom is 0.0645 e. The molecule has 0 aliphatic rings. The number of fused-ring (bicyclic) bond motifs is 3. The molecular weight excluding hydrogens is 534 g/mol. The van der Waals surface area contributed by atoms with Gasteiger partial charge in [0.25, 0.3) is 0 Å². The van der Waals surface area contributed by atoms with Crippen molar-refractivity contribution >= 4 is 38.9 Å². The zero-order valence-corrected chi connectivity index (χ0v) is 24.1. The lowest BCUT2D eigenvalue weighted by molar-refractivity contribution is 1.14. The number of pyridine rings is 1. The van der Waals surface area contributed by atoms with Gasteiger partial charge >= 0.3 is 0 Å². The van der Waals surface area contributed by atoms with E-state index in [9.17, 15) is 0 Å². The van der Waals surface area contributed by atoms with E-state index in [0.717, 1.165) is 28.3 Å². The zero-order chi connectivity index (χ0) is 29.3. The Morgan fingerprint density at radius 2 is 0.932 bits per heavy atom. The molecule has 44 heavy (non-hydrogen) atoms. The highest BCUT2D eigenvalue weighted by atomic mass is 15.1. The minimum absolute atomic E-state index is 1.05. The van der Waals surface area contributed by atoms with Gasteiger partial charge in [-0.2, -0.15) is 0 Å². The van der Waals surface area contributed by atoms with Crippen molar-refractivity contribution in [3.05, 3.63) is 176 Å².